The van der Waals surface area contributed by atoms with Crippen molar-refractivity contribution in [2.24, 2.45) is 0 Å². The van der Waals surface area contributed by atoms with Crippen LogP contribution in [0.3, 0.4) is 0 Å². The Labute approximate surface area is 150 Å². The summed E-state index contributed by atoms with van der Waals surface area (Å²) in [4.78, 5) is 18.9. The molecule has 5 nitrogen and oxygen atoms in total. The Kier molecular flexibility index (Phi) is 5.96. The SMILES string of the molecule is O=C(NCCN1CCOCC1)c1cncc(-c2ccccc2Br)c1. The number of rotatable bonds is 5. The molecule has 2 heterocycles. The van der Waals surface area contributed by atoms with Crippen molar-refractivity contribution in [2.45, 2.75) is 0 Å². The molecule has 1 N–H and O–H groups in total. The molecule has 1 amide bonds. The molecular formula is C18H20BrN3O2. The highest BCUT2D eigenvalue weighted by atomic mass is 79.9. The third-order valence-electron chi connectivity index (χ3n) is 4.00. The van der Waals surface area contributed by atoms with Gasteiger partial charge in [0.2, 0.25) is 0 Å². The molecule has 0 radical (unpaired) electrons. The number of carbonyl (C=O) groups is 1. The van der Waals surface area contributed by atoms with Crippen LogP contribution in [0.25, 0.3) is 11.1 Å². The third-order valence-corrected chi connectivity index (χ3v) is 4.69. The van der Waals surface area contributed by atoms with Gasteiger partial charge < -0.3 is 10.1 Å². The Hall–Kier alpha value is -1.76. The number of morpholine rings is 1. The van der Waals surface area contributed by atoms with Gasteiger partial charge in [-0.25, -0.2) is 0 Å². The lowest BCUT2D eigenvalue weighted by Gasteiger charge is -2.26. The van der Waals surface area contributed by atoms with Gasteiger partial charge in [-0.3, -0.25) is 14.7 Å². The van der Waals surface area contributed by atoms with Crippen LogP contribution in [-0.2, 0) is 4.74 Å². The molecule has 1 aliphatic rings. The van der Waals surface area contributed by atoms with Gasteiger partial charge in [0, 0.05) is 48.6 Å². The fourth-order valence-electron chi connectivity index (χ4n) is 2.66. The number of amides is 1. The zero-order valence-electron chi connectivity index (χ0n) is 13.4. The molecule has 0 atom stereocenters. The average Bonchev–Trinajstić information content (AvgIpc) is 2.63. The first-order valence-corrected chi connectivity index (χ1v) is 8.81. The summed E-state index contributed by atoms with van der Waals surface area (Å²) < 4.78 is 6.30. The smallest absolute Gasteiger partial charge is 0.252 e. The number of halogens is 1. The Morgan fingerprint density at radius 1 is 1.25 bits per heavy atom. The molecule has 1 saturated heterocycles. The zero-order valence-corrected chi connectivity index (χ0v) is 15.0. The van der Waals surface area contributed by atoms with Crippen molar-refractivity contribution in [3.8, 4) is 11.1 Å². The predicted molar refractivity (Wildman–Crippen MR) is 97.0 cm³/mol. The molecule has 1 aliphatic heterocycles. The normalized spacial score (nSPS) is 15.2. The first-order chi connectivity index (χ1) is 11.7. The van der Waals surface area contributed by atoms with Crippen LogP contribution in [0.5, 0.6) is 0 Å². The topological polar surface area (TPSA) is 54.5 Å². The van der Waals surface area contributed by atoms with E-state index in [1.165, 1.54) is 0 Å². The van der Waals surface area contributed by atoms with E-state index >= 15 is 0 Å². The number of nitrogens with zero attached hydrogens (tertiary/aromatic N) is 2. The average molecular weight is 390 g/mol. The summed E-state index contributed by atoms with van der Waals surface area (Å²) in [6.45, 7) is 4.85. The van der Waals surface area contributed by atoms with E-state index in [1.54, 1.807) is 12.4 Å². The lowest BCUT2D eigenvalue weighted by Crippen LogP contribution is -2.41. The van der Waals surface area contributed by atoms with E-state index in [4.69, 9.17) is 4.74 Å². The molecule has 0 bridgehead atoms. The summed E-state index contributed by atoms with van der Waals surface area (Å²) in [5, 5.41) is 2.97. The minimum absolute atomic E-state index is 0.0929. The van der Waals surface area contributed by atoms with E-state index in [-0.39, 0.29) is 5.91 Å². The molecule has 0 aliphatic carbocycles. The number of hydrogen-bond acceptors (Lipinski definition) is 4. The maximum Gasteiger partial charge on any atom is 0.252 e. The second-order valence-corrected chi connectivity index (χ2v) is 6.51. The summed E-state index contributed by atoms with van der Waals surface area (Å²) in [7, 11) is 0. The fourth-order valence-corrected chi connectivity index (χ4v) is 3.17. The molecule has 2 aromatic rings. The van der Waals surface area contributed by atoms with Crippen molar-refractivity contribution in [3.05, 3.63) is 52.8 Å². The molecule has 1 aromatic heterocycles. The number of pyridine rings is 1. The molecule has 1 fully saturated rings. The summed E-state index contributed by atoms with van der Waals surface area (Å²) in [5.74, 6) is -0.0929. The van der Waals surface area contributed by atoms with Crippen molar-refractivity contribution >= 4 is 21.8 Å². The molecule has 6 heteroatoms. The number of ether oxygens (including phenoxy) is 1. The largest absolute Gasteiger partial charge is 0.379 e. The van der Waals surface area contributed by atoms with Gasteiger partial charge in [-0.05, 0) is 17.7 Å². The van der Waals surface area contributed by atoms with Gasteiger partial charge in [0.1, 0.15) is 0 Å². The highest BCUT2D eigenvalue weighted by Gasteiger charge is 2.12. The third kappa shape index (κ3) is 4.41. The maximum absolute atomic E-state index is 12.3. The Morgan fingerprint density at radius 3 is 2.83 bits per heavy atom. The van der Waals surface area contributed by atoms with Crippen LogP contribution < -0.4 is 5.32 Å². The number of nitrogens with one attached hydrogen (secondary N) is 1. The van der Waals surface area contributed by atoms with Crippen molar-refractivity contribution in [1.29, 1.82) is 0 Å². The van der Waals surface area contributed by atoms with E-state index in [0.717, 1.165) is 48.4 Å². The van der Waals surface area contributed by atoms with Crippen LogP contribution in [0.15, 0.2) is 47.2 Å². The molecule has 3 rings (SSSR count). The van der Waals surface area contributed by atoms with Crippen LogP contribution in [0, 0.1) is 0 Å². The van der Waals surface area contributed by atoms with Crippen LogP contribution in [0.4, 0.5) is 0 Å². The quantitative estimate of drug-likeness (QED) is 0.853. The Morgan fingerprint density at radius 2 is 2.04 bits per heavy atom. The molecule has 0 unspecified atom stereocenters. The standard InChI is InChI=1S/C18H20BrN3O2/c19-17-4-2-1-3-16(17)14-11-15(13-20-12-14)18(23)21-5-6-22-7-9-24-10-8-22/h1-4,11-13H,5-10H2,(H,21,23). The fraction of sp³-hybridized carbons (Fsp3) is 0.333. The molecule has 0 spiro atoms. The van der Waals surface area contributed by atoms with Gasteiger partial charge in [0.25, 0.3) is 5.91 Å². The predicted octanol–water partition coefficient (Wildman–Crippen LogP) is 2.57. The summed E-state index contributed by atoms with van der Waals surface area (Å²) in [6.07, 6.45) is 3.37. The minimum atomic E-state index is -0.0929. The minimum Gasteiger partial charge on any atom is -0.379 e. The van der Waals surface area contributed by atoms with Crippen LogP contribution in [0.2, 0.25) is 0 Å². The second kappa shape index (κ2) is 8.37. The lowest BCUT2D eigenvalue weighted by atomic mass is 10.1. The van der Waals surface area contributed by atoms with Crippen molar-refractivity contribution in [2.75, 3.05) is 39.4 Å². The summed E-state index contributed by atoms with van der Waals surface area (Å²) in [5.41, 5.74) is 2.52. The van der Waals surface area contributed by atoms with Crippen molar-refractivity contribution in [3.63, 3.8) is 0 Å². The first kappa shape index (κ1) is 17.1. The molecule has 24 heavy (non-hydrogen) atoms. The van der Waals surface area contributed by atoms with Gasteiger partial charge in [-0.15, -0.1) is 0 Å². The van der Waals surface area contributed by atoms with E-state index in [9.17, 15) is 4.79 Å². The zero-order chi connectivity index (χ0) is 16.8. The monoisotopic (exact) mass is 389 g/mol. The summed E-state index contributed by atoms with van der Waals surface area (Å²) >= 11 is 3.54. The number of carbonyl (C=O) groups excluding carboxylic acids is 1. The van der Waals surface area contributed by atoms with Crippen LogP contribution in [-0.4, -0.2) is 55.2 Å². The van der Waals surface area contributed by atoms with E-state index in [1.807, 2.05) is 30.3 Å². The summed E-state index contributed by atoms with van der Waals surface area (Å²) in [6, 6.07) is 9.78. The van der Waals surface area contributed by atoms with Crippen LogP contribution in [0.1, 0.15) is 10.4 Å². The molecule has 126 valence electrons. The van der Waals surface area contributed by atoms with E-state index < -0.39 is 0 Å². The number of hydrogen-bond donors (Lipinski definition) is 1. The number of benzene rings is 1. The Bertz CT molecular complexity index is 702. The molecule has 0 saturated carbocycles. The van der Waals surface area contributed by atoms with Gasteiger partial charge >= 0.3 is 0 Å². The lowest BCUT2D eigenvalue weighted by molar-refractivity contribution is 0.0383. The van der Waals surface area contributed by atoms with Crippen molar-refractivity contribution < 1.29 is 9.53 Å². The van der Waals surface area contributed by atoms with Gasteiger partial charge in [0.15, 0.2) is 0 Å². The Balaban J connectivity index is 1.61. The molecular weight excluding hydrogens is 370 g/mol. The molecule has 1 aromatic carbocycles. The first-order valence-electron chi connectivity index (χ1n) is 8.02. The van der Waals surface area contributed by atoms with E-state index in [2.05, 4.69) is 31.1 Å². The van der Waals surface area contributed by atoms with Gasteiger partial charge in [-0.2, -0.15) is 0 Å². The van der Waals surface area contributed by atoms with Crippen molar-refractivity contribution in [1.82, 2.24) is 15.2 Å². The van der Waals surface area contributed by atoms with Gasteiger partial charge in [-0.1, -0.05) is 34.1 Å². The highest BCUT2D eigenvalue weighted by molar-refractivity contribution is 9.10. The second-order valence-electron chi connectivity index (χ2n) is 5.65. The number of aromatic nitrogens is 1. The van der Waals surface area contributed by atoms with Gasteiger partial charge in [0.05, 0.1) is 18.8 Å². The maximum atomic E-state index is 12.3. The highest BCUT2D eigenvalue weighted by Crippen LogP contribution is 2.27. The van der Waals surface area contributed by atoms with Crippen LogP contribution >= 0.6 is 15.9 Å². The van der Waals surface area contributed by atoms with E-state index in [0.29, 0.717) is 12.1 Å².